The highest BCUT2D eigenvalue weighted by Gasteiger charge is 2.30. The molecule has 1 atom stereocenters. The van der Waals surface area contributed by atoms with Crippen molar-refractivity contribution < 1.29 is 14.3 Å². The number of carbonyl (C=O) groups is 1. The molecule has 1 aliphatic rings. The average molecular weight is 494 g/mol. The second kappa shape index (κ2) is 10.0. The summed E-state index contributed by atoms with van der Waals surface area (Å²) in [6, 6.07) is 8.05. The van der Waals surface area contributed by atoms with Gasteiger partial charge in [0.15, 0.2) is 5.82 Å². The molecule has 2 aromatic carbocycles. The first-order valence-corrected chi connectivity index (χ1v) is 11.4. The molecule has 0 saturated carbocycles. The lowest BCUT2D eigenvalue weighted by molar-refractivity contribution is -0.113. The van der Waals surface area contributed by atoms with Crippen LogP contribution in [0.5, 0.6) is 0 Å². The average Bonchev–Trinajstić information content (AvgIpc) is 3.19. The number of hydrogen-bond acceptors (Lipinski definition) is 6. The van der Waals surface area contributed by atoms with Crippen molar-refractivity contribution in [3.05, 3.63) is 65.2 Å². The summed E-state index contributed by atoms with van der Waals surface area (Å²) in [5.41, 5.74) is 1.51. The van der Waals surface area contributed by atoms with Crippen molar-refractivity contribution in [3.8, 4) is 11.8 Å². The van der Waals surface area contributed by atoms with Gasteiger partial charge in [-0.3, -0.25) is 4.79 Å². The molecule has 3 N–H and O–H groups in total. The van der Waals surface area contributed by atoms with Gasteiger partial charge in [0.05, 0.1) is 34.1 Å². The van der Waals surface area contributed by atoms with E-state index in [0.717, 1.165) is 19.5 Å². The number of nitrogens with one attached hydrogen (secondary N) is 2. The van der Waals surface area contributed by atoms with Gasteiger partial charge < -0.3 is 20.6 Å². The number of hydrogen-bond donors (Lipinski definition) is 3. The smallest absolute Gasteiger partial charge is 0.253 e. The lowest BCUT2D eigenvalue weighted by atomic mass is 9.90. The monoisotopic (exact) mass is 493 g/mol. The van der Waals surface area contributed by atoms with Crippen LogP contribution >= 0.6 is 11.6 Å². The fourth-order valence-electron chi connectivity index (χ4n) is 3.93. The Kier molecular flexibility index (Phi) is 7.03. The van der Waals surface area contributed by atoms with E-state index in [0.29, 0.717) is 28.0 Å². The van der Waals surface area contributed by atoms with Crippen molar-refractivity contribution >= 4 is 45.6 Å². The van der Waals surface area contributed by atoms with E-state index in [2.05, 4.69) is 57.9 Å². The summed E-state index contributed by atoms with van der Waals surface area (Å²) in [5.74, 6) is 5.76. The zero-order valence-electron chi connectivity index (χ0n) is 19.5. The SMILES string of the molecule is C=C(CO)C(=O)Nc1cc2c(Nc3cccc(Cl)c3F)ncnc2cc1C#CC1(C)CCN(C)C1. The van der Waals surface area contributed by atoms with Crippen LogP contribution in [0.1, 0.15) is 18.9 Å². The molecule has 0 aliphatic carbocycles. The van der Waals surface area contributed by atoms with Crippen LogP contribution in [0.25, 0.3) is 10.9 Å². The number of fused-ring (bicyclic) bond motifs is 1. The molecule has 1 amide bonds. The maximum absolute atomic E-state index is 14.5. The van der Waals surface area contributed by atoms with Gasteiger partial charge in [-0.05, 0) is 51.2 Å². The van der Waals surface area contributed by atoms with E-state index >= 15 is 0 Å². The topological polar surface area (TPSA) is 90.4 Å². The minimum absolute atomic E-state index is 0.0112. The molecular weight excluding hydrogens is 469 g/mol. The fraction of sp³-hybridized carbons (Fsp3) is 0.269. The Morgan fingerprint density at radius 1 is 1.34 bits per heavy atom. The number of benzene rings is 2. The van der Waals surface area contributed by atoms with Gasteiger partial charge in [0.2, 0.25) is 0 Å². The summed E-state index contributed by atoms with van der Waals surface area (Å²) in [7, 11) is 2.06. The van der Waals surface area contributed by atoms with Crippen molar-refractivity contribution in [1.82, 2.24) is 14.9 Å². The fourth-order valence-corrected chi connectivity index (χ4v) is 4.11. The number of anilines is 3. The maximum Gasteiger partial charge on any atom is 0.253 e. The van der Waals surface area contributed by atoms with Gasteiger partial charge >= 0.3 is 0 Å². The van der Waals surface area contributed by atoms with E-state index in [1.807, 2.05) is 0 Å². The van der Waals surface area contributed by atoms with Gasteiger partial charge in [0.1, 0.15) is 12.1 Å². The Morgan fingerprint density at radius 3 is 2.86 bits per heavy atom. The van der Waals surface area contributed by atoms with E-state index in [4.69, 9.17) is 11.6 Å². The number of amides is 1. The summed E-state index contributed by atoms with van der Waals surface area (Å²) >= 11 is 5.91. The first-order valence-electron chi connectivity index (χ1n) is 11.0. The van der Waals surface area contributed by atoms with Gasteiger partial charge in [-0.25, -0.2) is 14.4 Å². The Morgan fingerprint density at radius 2 is 2.14 bits per heavy atom. The molecular formula is C26H25ClFN5O2. The first kappa shape index (κ1) is 24.6. The molecule has 1 fully saturated rings. The number of rotatable bonds is 5. The van der Waals surface area contributed by atoms with Crippen LogP contribution in [0.2, 0.25) is 5.02 Å². The molecule has 1 aliphatic heterocycles. The third-order valence-corrected chi connectivity index (χ3v) is 6.19. The van der Waals surface area contributed by atoms with Crippen LogP contribution < -0.4 is 10.6 Å². The molecule has 180 valence electrons. The van der Waals surface area contributed by atoms with Crippen LogP contribution in [0, 0.1) is 23.1 Å². The number of nitrogens with zero attached hydrogens (tertiary/aromatic N) is 3. The van der Waals surface area contributed by atoms with E-state index in [-0.39, 0.29) is 21.7 Å². The Hall–Kier alpha value is -3.51. The van der Waals surface area contributed by atoms with E-state index in [1.165, 1.54) is 12.4 Å². The Bertz CT molecular complexity index is 1380. The number of carbonyl (C=O) groups excluding carboxylic acids is 1. The van der Waals surface area contributed by atoms with Gasteiger partial charge in [-0.15, -0.1) is 0 Å². The van der Waals surface area contributed by atoms with Gasteiger partial charge in [0, 0.05) is 22.9 Å². The molecule has 0 radical (unpaired) electrons. The summed E-state index contributed by atoms with van der Waals surface area (Å²) in [4.78, 5) is 23.4. The predicted molar refractivity (Wildman–Crippen MR) is 136 cm³/mol. The van der Waals surface area contributed by atoms with E-state index < -0.39 is 18.3 Å². The number of aliphatic hydroxyl groups excluding tert-OH is 1. The molecule has 3 aromatic rings. The van der Waals surface area contributed by atoms with Crippen LogP contribution in [0.15, 0.2) is 48.8 Å². The van der Waals surface area contributed by atoms with Gasteiger partial charge in [-0.1, -0.05) is 36.1 Å². The number of halogens is 2. The normalized spacial score (nSPS) is 17.6. The zero-order chi connectivity index (χ0) is 25.2. The third-order valence-electron chi connectivity index (χ3n) is 5.90. The molecule has 0 spiro atoms. The Balaban J connectivity index is 1.80. The van der Waals surface area contributed by atoms with Crippen molar-refractivity contribution in [2.24, 2.45) is 5.41 Å². The van der Waals surface area contributed by atoms with Gasteiger partial charge in [-0.2, -0.15) is 0 Å². The maximum atomic E-state index is 14.5. The Labute approximate surface area is 208 Å². The molecule has 2 heterocycles. The van der Waals surface area contributed by atoms with Crippen LogP contribution in [0.4, 0.5) is 21.6 Å². The molecule has 7 nitrogen and oxygen atoms in total. The minimum Gasteiger partial charge on any atom is -0.391 e. The van der Waals surface area contributed by atoms with Crippen molar-refractivity contribution in [3.63, 3.8) is 0 Å². The zero-order valence-corrected chi connectivity index (χ0v) is 20.2. The van der Waals surface area contributed by atoms with Crippen LogP contribution in [-0.2, 0) is 4.79 Å². The largest absolute Gasteiger partial charge is 0.391 e. The van der Waals surface area contributed by atoms with Crippen molar-refractivity contribution in [1.29, 1.82) is 0 Å². The lowest BCUT2D eigenvalue weighted by Gasteiger charge is -2.16. The second-order valence-corrected chi connectivity index (χ2v) is 9.29. The molecule has 0 bridgehead atoms. The van der Waals surface area contributed by atoms with Crippen LogP contribution in [-0.4, -0.2) is 52.6 Å². The van der Waals surface area contributed by atoms with E-state index in [1.54, 1.807) is 24.3 Å². The standard InChI is InChI=1S/C26H25ClFN5O2/c1-16(13-34)25(35)32-21-12-18-22(11-17(21)7-8-26(2)9-10-33(3)14-26)29-15-30-24(18)31-20-6-4-5-19(27)23(20)28/h4-6,11-12,15,34H,1,9-10,13-14H2,2-3H3,(H,32,35)(H,29,30,31). The highest BCUT2D eigenvalue weighted by Crippen LogP contribution is 2.32. The number of aliphatic hydroxyl groups is 1. The third kappa shape index (κ3) is 5.43. The highest BCUT2D eigenvalue weighted by molar-refractivity contribution is 6.31. The molecule has 1 unspecified atom stereocenters. The first-order chi connectivity index (χ1) is 16.7. The number of likely N-dealkylation sites (tertiary alicyclic amines) is 1. The minimum atomic E-state index is -0.606. The van der Waals surface area contributed by atoms with Crippen molar-refractivity contribution in [2.75, 3.05) is 37.4 Å². The molecule has 9 heteroatoms. The summed E-state index contributed by atoms with van der Waals surface area (Å²) in [6.45, 7) is 7.03. The quantitative estimate of drug-likeness (QED) is 0.362. The van der Waals surface area contributed by atoms with E-state index in [9.17, 15) is 14.3 Å². The molecule has 4 rings (SSSR count). The second-order valence-electron chi connectivity index (χ2n) is 8.88. The summed E-state index contributed by atoms with van der Waals surface area (Å²) < 4.78 is 14.5. The van der Waals surface area contributed by atoms with Crippen LogP contribution in [0.3, 0.4) is 0 Å². The van der Waals surface area contributed by atoms with Crippen molar-refractivity contribution in [2.45, 2.75) is 13.3 Å². The molecule has 35 heavy (non-hydrogen) atoms. The molecule has 1 saturated heterocycles. The lowest BCUT2D eigenvalue weighted by Crippen LogP contribution is -2.20. The summed E-state index contributed by atoms with van der Waals surface area (Å²) in [5, 5.41) is 15.6. The predicted octanol–water partition coefficient (Wildman–Crippen LogP) is 4.35. The summed E-state index contributed by atoms with van der Waals surface area (Å²) in [6.07, 6.45) is 2.30. The molecule has 1 aromatic heterocycles. The number of aromatic nitrogens is 2. The highest BCUT2D eigenvalue weighted by atomic mass is 35.5. The van der Waals surface area contributed by atoms with Gasteiger partial charge in [0.25, 0.3) is 5.91 Å².